The number of thiophene rings is 1. The zero-order chi connectivity index (χ0) is 13.9. The summed E-state index contributed by atoms with van der Waals surface area (Å²) < 4.78 is 27.8. The van der Waals surface area contributed by atoms with Crippen LogP contribution in [-0.2, 0) is 16.6 Å². The lowest BCUT2D eigenvalue weighted by Crippen LogP contribution is -2.16. The van der Waals surface area contributed by atoms with Gasteiger partial charge < -0.3 is 5.32 Å². The number of anilines is 1. The van der Waals surface area contributed by atoms with Gasteiger partial charge in [0.05, 0.1) is 0 Å². The second kappa shape index (κ2) is 6.00. The van der Waals surface area contributed by atoms with Gasteiger partial charge in [-0.15, -0.1) is 11.3 Å². The van der Waals surface area contributed by atoms with Crippen LogP contribution in [0.15, 0.2) is 39.1 Å². The average molecular weight is 362 g/mol. The second-order valence-electron chi connectivity index (χ2n) is 3.71. The molecule has 0 amide bonds. The Morgan fingerprint density at radius 2 is 2.16 bits per heavy atom. The van der Waals surface area contributed by atoms with E-state index in [1.165, 1.54) is 11.3 Å². The lowest BCUT2D eigenvalue weighted by atomic mass is 10.5. The molecule has 0 spiro atoms. The van der Waals surface area contributed by atoms with Crippen LogP contribution < -0.4 is 10.0 Å². The summed E-state index contributed by atoms with van der Waals surface area (Å²) in [5.41, 5.74) is 0. The number of hydrogen-bond acceptors (Lipinski definition) is 5. The molecule has 2 heterocycles. The summed E-state index contributed by atoms with van der Waals surface area (Å²) in [4.78, 5) is 5.06. The lowest BCUT2D eigenvalue weighted by molar-refractivity contribution is 0.600. The third kappa shape index (κ3) is 3.53. The zero-order valence-corrected chi connectivity index (χ0v) is 13.3. The number of pyridine rings is 1. The Morgan fingerprint density at radius 3 is 2.79 bits per heavy atom. The van der Waals surface area contributed by atoms with E-state index in [1.807, 2.05) is 0 Å². The van der Waals surface area contributed by atoms with Crippen molar-refractivity contribution in [2.75, 3.05) is 11.8 Å². The predicted octanol–water partition coefficient (Wildman–Crippen LogP) is 2.43. The molecule has 102 valence electrons. The number of aromatic nitrogens is 1. The van der Waals surface area contributed by atoms with E-state index in [-0.39, 0.29) is 4.90 Å². The van der Waals surface area contributed by atoms with Crippen molar-refractivity contribution in [3.8, 4) is 0 Å². The molecular formula is C11H12BrN3O2S2. The standard InChI is InChI=1S/C11H12BrN3O2S2/c1-13-7-9-10(4-5-18-9)19(16,17)15-11-3-2-8(12)6-14-11/h2-6,13H,7H2,1H3,(H,14,15). The van der Waals surface area contributed by atoms with Crippen molar-refractivity contribution in [1.29, 1.82) is 0 Å². The maximum atomic E-state index is 12.3. The molecule has 0 atom stereocenters. The first kappa shape index (κ1) is 14.4. The van der Waals surface area contributed by atoms with E-state index in [0.717, 1.165) is 9.35 Å². The molecule has 19 heavy (non-hydrogen) atoms. The summed E-state index contributed by atoms with van der Waals surface area (Å²) in [6, 6.07) is 4.93. The molecule has 0 saturated carbocycles. The van der Waals surface area contributed by atoms with E-state index < -0.39 is 10.0 Å². The van der Waals surface area contributed by atoms with Gasteiger partial charge in [0.1, 0.15) is 10.7 Å². The van der Waals surface area contributed by atoms with Gasteiger partial charge >= 0.3 is 0 Å². The van der Waals surface area contributed by atoms with Crippen molar-refractivity contribution in [3.63, 3.8) is 0 Å². The minimum absolute atomic E-state index is 0.288. The molecule has 2 N–H and O–H groups in total. The highest BCUT2D eigenvalue weighted by molar-refractivity contribution is 9.10. The van der Waals surface area contributed by atoms with Gasteiger partial charge in [0, 0.05) is 22.1 Å². The number of hydrogen-bond donors (Lipinski definition) is 2. The van der Waals surface area contributed by atoms with E-state index in [9.17, 15) is 8.42 Å². The number of sulfonamides is 1. The molecule has 0 aliphatic carbocycles. The molecule has 0 aliphatic heterocycles. The molecule has 0 saturated heterocycles. The quantitative estimate of drug-likeness (QED) is 0.857. The van der Waals surface area contributed by atoms with Gasteiger partial charge in [-0.2, -0.15) is 0 Å². The number of halogens is 1. The second-order valence-corrected chi connectivity index (χ2v) is 7.27. The van der Waals surface area contributed by atoms with Gasteiger partial charge in [0.15, 0.2) is 0 Å². The molecule has 0 unspecified atom stereocenters. The highest BCUT2D eigenvalue weighted by Crippen LogP contribution is 2.24. The summed E-state index contributed by atoms with van der Waals surface area (Å²) in [5.74, 6) is 0.296. The normalized spacial score (nSPS) is 11.5. The maximum absolute atomic E-state index is 12.3. The van der Waals surface area contributed by atoms with Crippen molar-refractivity contribution in [2.24, 2.45) is 0 Å². The first-order chi connectivity index (χ1) is 9.03. The summed E-state index contributed by atoms with van der Waals surface area (Å²) >= 11 is 4.65. The van der Waals surface area contributed by atoms with Crippen LogP contribution in [0.4, 0.5) is 5.82 Å². The zero-order valence-electron chi connectivity index (χ0n) is 10.1. The Bertz CT molecular complexity index is 653. The fourth-order valence-corrected chi connectivity index (χ4v) is 4.19. The fourth-order valence-electron chi connectivity index (χ4n) is 1.49. The molecule has 2 aromatic heterocycles. The molecular weight excluding hydrogens is 350 g/mol. The third-order valence-corrected chi connectivity index (χ3v) is 5.26. The highest BCUT2D eigenvalue weighted by atomic mass is 79.9. The molecule has 0 radical (unpaired) electrons. The van der Waals surface area contributed by atoms with Crippen molar-refractivity contribution < 1.29 is 8.42 Å². The van der Waals surface area contributed by atoms with Crippen LogP contribution in [0.5, 0.6) is 0 Å². The van der Waals surface area contributed by atoms with Gasteiger partial charge in [-0.3, -0.25) is 4.72 Å². The molecule has 0 aromatic carbocycles. The van der Waals surface area contributed by atoms with Gasteiger partial charge in [0.2, 0.25) is 0 Å². The molecule has 2 rings (SSSR count). The molecule has 0 fully saturated rings. The maximum Gasteiger partial charge on any atom is 0.264 e. The smallest absolute Gasteiger partial charge is 0.264 e. The van der Waals surface area contributed by atoms with Crippen LogP contribution in [-0.4, -0.2) is 20.4 Å². The predicted molar refractivity (Wildman–Crippen MR) is 79.8 cm³/mol. The van der Waals surface area contributed by atoms with Crippen LogP contribution in [0.3, 0.4) is 0 Å². The van der Waals surface area contributed by atoms with Crippen molar-refractivity contribution >= 4 is 43.1 Å². The SMILES string of the molecule is CNCc1sccc1S(=O)(=O)Nc1ccc(Br)cn1. The summed E-state index contributed by atoms with van der Waals surface area (Å²) in [6.45, 7) is 0.516. The Balaban J connectivity index is 2.27. The highest BCUT2D eigenvalue weighted by Gasteiger charge is 2.19. The monoisotopic (exact) mass is 361 g/mol. The van der Waals surface area contributed by atoms with Crippen molar-refractivity contribution in [3.05, 3.63) is 39.1 Å². The van der Waals surface area contributed by atoms with E-state index in [0.29, 0.717) is 12.4 Å². The van der Waals surface area contributed by atoms with Crippen molar-refractivity contribution in [1.82, 2.24) is 10.3 Å². The van der Waals surface area contributed by atoms with E-state index in [1.54, 1.807) is 36.8 Å². The van der Waals surface area contributed by atoms with Gasteiger partial charge in [-0.25, -0.2) is 13.4 Å². The van der Waals surface area contributed by atoms with E-state index in [2.05, 4.69) is 31.0 Å². The van der Waals surface area contributed by atoms with Crippen molar-refractivity contribution in [2.45, 2.75) is 11.4 Å². The third-order valence-electron chi connectivity index (χ3n) is 2.30. The summed E-state index contributed by atoms with van der Waals surface area (Å²) in [7, 11) is -1.82. The van der Waals surface area contributed by atoms with Crippen LogP contribution >= 0.6 is 27.3 Å². The first-order valence-electron chi connectivity index (χ1n) is 5.38. The summed E-state index contributed by atoms with van der Waals surface area (Å²) in [6.07, 6.45) is 1.54. The Labute approximate surface area is 124 Å². The largest absolute Gasteiger partial charge is 0.315 e. The van der Waals surface area contributed by atoms with Crippen LogP contribution in [0.2, 0.25) is 0 Å². The van der Waals surface area contributed by atoms with Gasteiger partial charge in [-0.05, 0) is 46.6 Å². The molecule has 0 aliphatic rings. The number of nitrogens with zero attached hydrogens (tertiary/aromatic N) is 1. The number of nitrogens with one attached hydrogen (secondary N) is 2. The summed E-state index contributed by atoms with van der Waals surface area (Å²) in [5, 5.41) is 4.71. The average Bonchev–Trinajstić information content (AvgIpc) is 2.81. The molecule has 8 heteroatoms. The topological polar surface area (TPSA) is 71.1 Å². The fraction of sp³-hybridized carbons (Fsp3) is 0.182. The molecule has 5 nitrogen and oxygen atoms in total. The van der Waals surface area contributed by atoms with Gasteiger partial charge in [-0.1, -0.05) is 0 Å². The lowest BCUT2D eigenvalue weighted by Gasteiger charge is -2.08. The van der Waals surface area contributed by atoms with Gasteiger partial charge in [0.25, 0.3) is 10.0 Å². The van der Waals surface area contributed by atoms with Crippen LogP contribution in [0.1, 0.15) is 4.88 Å². The van der Waals surface area contributed by atoms with Crippen LogP contribution in [0, 0.1) is 0 Å². The minimum Gasteiger partial charge on any atom is -0.315 e. The Kier molecular flexibility index (Phi) is 4.56. The Hall–Kier alpha value is -0.960. The Morgan fingerprint density at radius 1 is 1.37 bits per heavy atom. The minimum atomic E-state index is -3.59. The number of rotatable bonds is 5. The van der Waals surface area contributed by atoms with E-state index >= 15 is 0 Å². The van der Waals surface area contributed by atoms with Crippen LogP contribution in [0.25, 0.3) is 0 Å². The molecule has 0 bridgehead atoms. The molecule has 2 aromatic rings. The first-order valence-corrected chi connectivity index (χ1v) is 8.54. The van der Waals surface area contributed by atoms with E-state index in [4.69, 9.17) is 0 Å².